The van der Waals surface area contributed by atoms with Gasteiger partial charge in [-0.1, -0.05) is 6.07 Å². The Kier molecular flexibility index (Phi) is 10.7. The zero-order valence-electron chi connectivity index (χ0n) is 16.4. The summed E-state index contributed by atoms with van der Waals surface area (Å²) in [6.07, 6.45) is 0.935. The number of rotatable bonds is 11. The highest BCUT2D eigenvalue weighted by Crippen LogP contribution is 2.17. The van der Waals surface area contributed by atoms with Crippen molar-refractivity contribution in [2.45, 2.75) is 26.8 Å². The fraction of sp³-hybridized carbons (Fsp3) is 0.632. The first-order valence-corrected chi connectivity index (χ1v) is 8.94. The molecule has 1 aromatic carbocycles. The van der Waals surface area contributed by atoms with Gasteiger partial charge in [-0.15, -0.1) is 0 Å². The molecule has 0 unspecified atom stereocenters. The third-order valence-electron chi connectivity index (χ3n) is 3.78. The van der Waals surface area contributed by atoms with Crippen LogP contribution >= 0.6 is 0 Å². The van der Waals surface area contributed by atoms with Gasteiger partial charge in [-0.3, -0.25) is 0 Å². The van der Waals surface area contributed by atoms with Gasteiger partial charge >= 0.3 is 0 Å². The molecule has 0 heterocycles. The molecule has 0 atom stereocenters. The Bertz CT molecular complexity index is 518. The van der Waals surface area contributed by atoms with Crippen molar-refractivity contribution < 1.29 is 9.47 Å². The number of aliphatic imine (C=N–C) groups is 1. The summed E-state index contributed by atoms with van der Waals surface area (Å²) in [5, 5.41) is 6.63. The van der Waals surface area contributed by atoms with Crippen molar-refractivity contribution in [1.29, 1.82) is 0 Å². The normalized spacial score (nSPS) is 11.5. The number of nitrogens with zero attached hydrogens (tertiary/aromatic N) is 2. The van der Waals surface area contributed by atoms with E-state index < -0.39 is 0 Å². The Morgan fingerprint density at radius 1 is 1.16 bits per heavy atom. The molecule has 25 heavy (non-hydrogen) atoms. The third kappa shape index (κ3) is 8.74. The quantitative estimate of drug-likeness (QED) is 0.364. The Morgan fingerprint density at radius 2 is 1.96 bits per heavy atom. The van der Waals surface area contributed by atoms with E-state index in [-0.39, 0.29) is 0 Å². The second-order valence-electron chi connectivity index (χ2n) is 6.09. The molecule has 1 rings (SSSR count). The molecule has 0 spiro atoms. The molecule has 0 fully saturated rings. The first-order valence-electron chi connectivity index (χ1n) is 8.94. The van der Waals surface area contributed by atoms with Crippen LogP contribution in [-0.2, 0) is 16.0 Å². The van der Waals surface area contributed by atoms with Crippen molar-refractivity contribution >= 4 is 11.6 Å². The molecule has 0 aromatic heterocycles. The summed E-state index contributed by atoms with van der Waals surface area (Å²) in [6.45, 7) is 8.56. The fourth-order valence-electron chi connectivity index (χ4n) is 2.27. The number of benzene rings is 1. The lowest BCUT2D eigenvalue weighted by atomic mass is 10.1. The molecule has 0 aliphatic rings. The molecule has 0 aliphatic carbocycles. The zero-order chi connectivity index (χ0) is 18.5. The Labute approximate surface area is 152 Å². The summed E-state index contributed by atoms with van der Waals surface area (Å²) in [7, 11) is 5.79. The number of hydrogen-bond donors (Lipinski definition) is 2. The van der Waals surface area contributed by atoms with Crippen molar-refractivity contribution in [2.24, 2.45) is 4.99 Å². The lowest BCUT2D eigenvalue weighted by molar-refractivity contribution is 0.0698. The number of methoxy groups -OCH3 is 1. The van der Waals surface area contributed by atoms with Crippen LogP contribution in [0.25, 0.3) is 0 Å². The van der Waals surface area contributed by atoms with Gasteiger partial charge in [0, 0.05) is 46.6 Å². The summed E-state index contributed by atoms with van der Waals surface area (Å²) in [5.74, 6) is 0.843. The van der Waals surface area contributed by atoms with Crippen LogP contribution in [0.1, 0.15) is 24.5 Å². The summed E-state index contributed by atoms with van der Waals surface area (Å²) >= 11 is 0. The third-order valence-corrected chi connectivity index (χ3v) is 3.78. The molecule has 2 N–H and O–H groups in total. The maximum absolute atomic E-state index is 5.46. The molecular formula is C19H34N4O2. The number of nitrogens with one attached hydrogen (secondary N) is 2. The summed E-state index contributed by atoms with van der Waals surface area (Å²) in [5.41, 5.74) is 3.71. The number of anilines is 1. The van der Waals surface area contributed by atoms with Gasteiger partial charge in [0.2, 0.25) is 0 Å². The highest BCUT2D eigenvalue weighted by molar-refractivity contribution is 5.79. The maximum Gasteiger partial charge on any atom is 0.191 e. The van der Waals surface area contributed by atoms with E-state index in [4.69, 9.17) is 9.47 Å². The van der Waals surface area contributed by atoms with E-state index in [9.17, 15) is 0 Å². The van der Waals surface area contributed by atoms with E-state index in [1.54, 1.807) is 7.11 Å². The highest BCUT2D eigenvalue weighted by atomic mass is 16.5. The van der Waals surface area contributed by atoms with E-state index in [0.29, 0.717) is 19.8 Å². The van der Waals surface area contributed by atoms with E-state index in [2.05, 4.69) is 66.7 Å². The van der Waals surface area contributed by atoms with Crippen molar-refractivity contribution in [2.75, 3.05) is 59.0 Å². The van der Waals surface area contributed by atoms with Crippen molar-refractivity contribution in [3.8, 4) is 0 Å². The molecule has 0 amide bonds. The van der Waals surface area contributed by atoms with Crippen molar-refractivity contribution in [3.63, 3.8) is 0 Å². The van der Waals surface area contributed by atoms with Gasteiger partial charge in [-0.25, -0.2) is 4.99 Å². The Balaban J connectivity index is 2.47. The molecule has 0 saturated carbocycles. The average molecular weight is 351 g/mol. The molecule has 6 heteroatoms. The van der Waals surface area contributed by atoms with Crippen LogP contribution in [-0.4, -0.2) is 60.1 Å². The van der Waals surface area contributed by atoms with E-state index >= 15 is 0 Å². The van der Waals surface area contributed by atoms with Crippen LogP contribution < -0.4 is 15.5 Å². The molecular weight excluding hydrogens is 316 g/mol. The standard InChI is InChI=1S/C19H34N4O2/c1-6-20-19(21-10-7-11-25-13-12-24-5)22-15-17-8-9-18(23(3)4)14-16(17)2/h8-9,14H,6-7,10-13,15H2,1-5H3,(H2,20,21,22). The second-order valence-corrected chi connectivity index (χ2v) is 6.09. The van der Waals surface area contributed by atoms with Gasteiger partial charge in [0.15, 0.2) is 5.96 Å². The molecule has 0 bridgehead atoms. The van der Waals surface area contributed by atoms with Gasteiger partial charge in [0.05, 0.1) is 19.8 Å². The van der Waals surface area contributed by atoms with Gasteiger partial charge in [-0.05, 0) is 43.5 Å². The lowest BCUT2D eigenvalue weighted by Crippen LogP contribution is -2.38. The van der Waals surface area contributed by atoms with E-state index in [0.717, 1.165) is 32.1 Å². The van der Waals surface area contributed by atoms with Crippen molar-refractivity contribution in [3.05, 3.63) is 29.3 Å². The second kappa shape index (κ2) is 12.6. The number of aryl methyl sites for hydroxylation is 1. The largest absolute Gasteiger partial charge is 0.382 e. The molecule has 142 valence electrons. The summed E-state index contributed by atoms with van der Waals surface area (Å²) in [6, 6.07) is 6.49. The van der Waals surface area contributed by atoms with Gasteiger partial charge in [0.1, 0.15) is 0 Å². The predicted molar refractivity (Wildman–Crippen MR) is 106 cm³/mol. The van der Waals surface area contributed by atoms with Gasteiger partial charge in [0.25, 0.3) is 0 Å². The number of hydrogen-bond acceptors (Lipinski definition) is 4. The van der Waals surface area contributed by atoms with Crippen molar-refractivity contribution in [1.82, 2.24) is 10.6 Å². The van der Waals surface area contributed by atoms with E-state index in [1.165, 1.54) is 16.8 Å². The molecule has 0 saturated heterocycles. The van der Waals surface area contributed by atoms with Crippen LogP contribution in [0.5, 0.6) is 0 Å². The average Bonchev–Trinajstić information content (AvgIpc) is 2.59. The summed E-state index contributed by atoms with van der Waals surface area (Å²) < 4.78 is 10.4. The van der Waals surface area contributed by atoms with Crippen LogP contribution in [0.4, 0.5) is 5.69 Å². The maximum atomic E-state index is 5.46. The summed E-state index contributed by atoms with van der Waals surface area (Å²) in [4.78, 5) is 6.80. The minimum Gasteiger partial charge on any atom is -0.382 e. The fourth-order valence-corrected chi connectivity index (χ4v) is 2.27. The molecule has 0 aliphatic heterocycles. The first-order chi connectivity index (χ1) is 12.1. The smallest absolute Gasteiger partial charge is 0.191 e. The molecule has 1 aromatic rings. The van der Waals surface area contributed by atoms with Gasteiger partial charge < -0.3 is 25.0 Å². The monoisotopic (exact) mass is 350 g/mol. The van der Waals surface area contributed by atoms with Crippen LogP contribution in [0.3, 0.4) is 0 Å². The minimum atomic E-state index is 0.642. The lowest BCUT2D eigenvalue weighted by Gasteiger charge is -2.15. The Hall–Kier alpha value is -1.79. The Morgan fingerprint density at radius 3 is 2.60 bits per heavy atom. The number of ether oxygens (including phenoxy) is 2. The zero-order valence-corrected chi connectivity index (χ0v) is 16.4. The van der Waals surface area contributed by atoms with Crippen LogP contribution in [0.2, 0.25) is 0 Å². The van der Waals surface area contributed by atoms with Gasteiger partial charge in [-0.2, -0.15) is 0 Å². The highest BCUT2D eigenvalue weighted by Gasteiger charge is 2.03. The first kappa shape index (κ1) is 21.3. The number of guanidine groups is 1. The predicted octanol–water partition coefficient (Wildman–Crippen LogP) is 2.17. The van der Waals surface area contributed by atoms with Crippen LogP contribution in [0.15, 0.2) is 23.2 Å². The molecule has 0 radical (unpaired) electrons. The minimum absolute atomic E-state index is 0.642. The van der Waals surface area contributed by atoms with Crippen LogP contribution in [0, 0.1) is 6.92 Å². The molecule has 6 nitrogen and oxygen atoms in total. The topological polar surface area (TPSA) is 58.1 Å². The van der Waals surface area contributed by atoms with E-state index in [1.807, 2.05) is 0 Å². The SMILES string of the molecule is CCNC(=NCc1ccc(N(C)C)cc1C)NCCCOCCOC.